The molecule has 0 bridgehead atoms. The third kappa shape index (κ3) is 2.37. The first kappa shape index (κ1) is 10.8. The predicted octanol–water partition coefficient (Wildman–Crippen LogP) is 3.46. The fourth-order valence-corrected chi connectivity index (χ4v) is 2.49. The van der Waals surface area contributed by atoms with Crippen LogP contribution in [0.2, 0.25) is 5.02 Å². The van der Waals surface area contributed by atoms with Crippen LogP contribution in [0.3, 0.4) is 0 Å². The number of rotatable bonds is 2. The lowest BCUT2D eigenvalue weighted by atomic mass is 10.1. The maximum Gasteiger partial charge on any atom is 0.108 e. The maximum atomic E-state index is 5.88. The van der Waals surface area contributed by atoms with Gasteiger partial charge in [-0.1, -0.05) is 23.7 Å². The Balaban J connectivity index is 1.80. The summed E-state index contributed by atoms with van der Waals surface area (Å²) in [5.74, 6) is 1.25. The summed E-state index contributed by atoms with van der Waals surface area (Å²) < 4.78 is 2.30. The molecule has 0 spiro atoms. The number of aromatic nitrogens is 2. The van der Waals surface area contributed by atoms with Crippen LogP contribution in [0.15, 0.2) is 30.5 Å². The van der Waals surface area contributed by atoms with E-state index in [2.05, 4.69) is 22.9 Å². The average Bonchev–Trinajstić information content (AvgIpc) is 2.74. The largest absolute Gasteiger partial charge is 0.335 e. The molecule has 0 unspecified atom stereocenters. The van der Waals surface area contributed by atoms with Crippen molar-refractivity contribution in [3.63, 3.8) is 0 Å². The number of imidazole rings is 1. The van der Waals surface area contributed by atoms with Crippen molar-refractivity contribution in [1.82, 2.24) is 9.55 Å². The second kappa shape index (κ2) is 4.53. The number of hydrogen-bond donors (Lipinski definition) is 0. The molecule has 0 amide bonds. The summed E-state index contributed by atoms with van der Waals surface area (Å²) in [4.78, 5) is 4.70. The zero-order chi connectivity index (χ0) is 11.7. The molecule has 3 rings (SSSR count). The quantitative estimate of drug-likeness (QED) is 0.794. The van der Waals surface area contributed by atoms with E-state index >= 15 is 0 Å². The van der Waals surface area contributed by atoms with Crippen LogP contribution in [0.1, 0.15) is 29.9 Å². The minimum Gasteiger partial charge on any atom is -0.335 e. The number of hydrogen-bond acceptors (Lipinski definition) is 1. The molecule has 1 aromatic heterocycles. The summed E-state index contributed by atoms with van der Waals surface area (Å²) >= 11 is 5.88. The third-order valence-corrected chi connectivity index (χ3v) is 3.51. The molecule has 0 saturated heterocycles. The fraction of sp³-hybridized carbons (Fsp3) is 0.357. The van der Waals surface area contributed by atoms with Crippen LogP contribution >= 0.6 is 11.6 Å². The maximum absolute atomic E-state index is 5.88. The molecule has 88 valence electrons. The summed E-state index contributed by atoms with van der Waals surface area (Å²) in [6, 6.07) is 8.01. The monoisotopic (exact) mass is 246 g/mol. The van der Waals surface area contributed by atoms with Crippen molar-refractivity contribution in [3.05, 3.63) is 52.6 Å². The van der Waals surface area contributed by atoms with E-state index in [-0.39, 0.29) is 0 Å². The Morgan fingerprint density at radius 1 is 1.18 bits per heavy atom. The first-order valence-corrected chi connectivity index (χ1v) is 6.48. The fourth-order valence-electron chi connectivity index (χ4n) is 2.37. The second-order valence-corrected chi connectivity index (χ2v) is 5.04. The molecule has 0 N–H and O–H groups in total. The molecule has 0 atom stereocenters. The molecule has 0 radical (unpaired) electrons. The first-order valence-electron chi connectivity index (χ1n) is 6.10. The number of fused-ring (bicyclic) bond motifs is 1. The summed E-state index contributed by atoms with van der Waals surface area (Å²) in [5, 5.41) is 0.790. The van der Waals surface area contributed by atoms with Gasteiger partial charge in [0.05, 0.1) is 5.69 Å². The second-order valence-electron chi connectivity index (χ2n) is 4.60. The van der Waals surface area contributed by atoms with Gasteiger partial charge in [-0.05, 0) is 30.5 Å². The highest BCUT2D eigenvalue weighted by molar-refractivity contribution is 6.30. The zero-order valence-corrected chi connectivity index (χ0v) is 10.5. The van der Waals surface area contributed by atoms with E-state index in [0.29, 0.717) is 0 Å². The van der Waals surface area contributed by atoms with E-state index in [1.54, 1.807) is 0 Å². The molecule has 0 saturated carbocycles. The predicted molar refractivity (Wildman–Crippen MR) is 69.4 cm³/mol. The first-order chi connectivity index (χ1) is 8.31. The SMILES string of the molecule is Clc1ccc(Cc2cn3c(n2)CCCC3)cc1. The summed E-state index contributed by atoms with van der Waals surface area (Å²) in [7, 11) is 0. The Bertz CT molecular complexity index is 490. The third-order valence-electron chi connectivity index (χ3n) is 3.26. The van der Waals surface area contributed by atoms with E-state index < -0.39 is 0 Å². The average molecular weight is 247 g/mol. The molecular weight excluding hydrogens is 232 g/mol. The molecule has 1 aliphatic rings. The number of benzene rings is 1. The topological polar surface area (TPSA) is 17.8 Å². The van der Waals surface area contributed by atoms with Gasteiger partial charge in [-0.25, -0.2) is 4.98 Å². The van der Waals surface area contributed by atoms with Gasteiger partial charge in [-0.15, -0.1) is 0 Å². The molecule has 2 nitrogen and oxygen atoms in total. The summed E-state index contributed by atoms with van der Waals surface area (Å²) in [6.45, 7) is 1.13. The Labute approximate surface area is 106 Å². The molecule has 1 aromatic carbocycles. The van der Waals surface area contributed by atoms with Gasteiger partial charge in [0.15, 0.2) is 0 Å². The molecule has 2 heterocycles. The van der Waals surface area contributed by atoms with Crippen molar-refractivity contribution >= 4 is 11.6 Å². The van der Waals surface area contributed by atoms with Gasteiger partial charge < -0.3 is 4.57 Å². The number of aryl methyl sites for hydroxylation is 2. The smallest absolute Gasteiger partial charge is 0.108 e. The van der Waals surface area contributed by atoms with Crippen LogP contribution in [-0.2, 0) is 19.4 Å². The van der Waals surface area contributed by atoms with E-state index in [9.17, 15) is 0 Å². The van der Waals surface area contributed by atoms with E-state index in [1.165, 1.54) is 29.9 Å². The van der Waals surface area contributed by atoms with Gasteiger partial charge in [0.2, 0.25) is 0 Å². The van der Waals surface area contributed by atoms with Crippen LogP contribution in [0.5, 0.6) is 0 Å². The molecule has 1 aliphatic heterocycles. The summed E-state index contributed by atoms with van der Waals surface area (Å²) in [6.07, 6.45) is 6.78. The molecule has 3 heteroatoms. The highest BCUT2D eigenvalue weighted by Crippen LogP contribution is 2.17. The van der Waals surface area contributed by atoms with Crippen LogP contribution in [0.4, 0.5) is 0 Å². The zero-order valence-electron chi connectivity index (χ0n) is 9.69. The van der Waals surface area contributed by atoms with Crippen molar-refractivity contribution in [2.24, 2.45) is 0 Å². The Morgan fingerprint density at radius 3 is 2.76 bits per heavy atom. The highest BCUT2D eigenvalue weighted by Gasteiger charge is 2.12. The van der Waals surface area contributed by atoms with Crippen molar-refractivity contribution in [2.45, 2.75) is 32.2 Å². The van der Waals surface area contributed by atoms with Gasteiger partial charge >= 0.3 is 0 Å². The molecule has 2 aromatic rings. The van der Waals surface area contributed by atoms with E-state index in [4.69, 9.17) is 16.6 Å². The number of halogens is 1. The van der Waals surface area contributed by atoms with Gasteiger partial charge in [-0.2, -0.15) is 0 Å². The lowest BCUT2D eigenvalue weighted by molar-refractivity contribution is 0.522. The summed E-state index contributed by atoms with van der Waals surface area (Å²) in [5.41, 5.74) is 2.44. The number of nitrogens with zero attached hydrogens (tertiary/aromatic N) is 2. The minimum absolute atomic E-state index is 0.790. The lowest BCUT2D eigenvalue weighted by Gasteiger charge is -2.11. The van der Waals surface area contributed by atoms with Gasteiger partial charge in [0, 0.05) is 30.6 Å². The van der Waals surface area contributed by atoms with Crippen molar-refractivity contribution in [3.8, 4) is 0 Å². The molecule has 0 fully saturated rings. The minimum atomic E-state index is 0.790. The van der Waals surface area contributed by atoms with Gasteiger partial charge in [0.1, 0.15) is 5.82 Å². The van der Waals surface area contributed by atoms with Gasteiger partial charge in [0.25, 0.3) is 0 Å². The Morgan fingerprint density at radius 2 is 2.00 bits per heavy atom. The van der Waals surface area contributed by atoms with Crippen LogP contribution in [-0.4, -0.2) is 9.55 Å². The van der Waals surface area contributed by atoms with E-state index in [1.807, 2.05) is 12.1 Å². The highest BCUT2D eigenvalue weighted by atomic mass is 35.5. The van der Waals surface area contributed by atoms with Crippen LogP contribution in [0, 0.1) is 0 Å². The standard InChI is InChI=1S/C14H15ClN2/c15-12-6-4-11(5-7-12)9-13-10-17-8-2-1-3-14(17)16-13/h4-7,10H,1-3,8-9H2. The lowest BCUT2D eigenvalue weighted by Crippen LogP contribution is -2.08. The Hall–Kier alpha value is -1.28. The Kier molecular flexibility index (Phi) is 2.89. The molecule has 0 aliphatic carbocycles. The normalized spacial score (nSPS) is 14.6. The van der Waals surface area contributed by atoms with Crippen molar-refractivity contribution < 1.29 is 0 Å². The van der Waals surface area contributed by atoms with Gasteiger partial charge in [-0.3, -0.25) is 0 Å². The van der Waals surface area contributed by atoms with Crippen LogP contribution in [0.25, 0.3) is 0 Å². The molecular formula is C14H15ClN2. The van der Waals surface area contributed by atoms with Crippen LogP contribution < -0.4 is 0 Å². The molecule has 17 heavy (non-hydrogen) atoms. The van der Waals surface area contributed by atoms with Crippen molar-refractivity contribution in [2.75, 3.05) is 0 Å². The van der Waals surface area contributed by atoms with Crippen molar-refractivity contribution in [1.29, 1.82) is 0 Å². The van der Waals surface area contributed by atoms with E-state index in [0.717, 1.165) is 24.4 Å².